The number of fused-ring (bicyclic) bond motifs is 1. The fourth-order valence-corrected chi connectivity index (χ4v) is 2.75. The van der Waals surface area contributed by atoms with E-state index in [1.54, 1.807) is 0 Å². The number of rotatable bonds is 1. The van der Waals surface area contributed by atoms with Gasteiger partial charge in [0.2, 0.25) is 5.91 Å². The van der Waals surface area contributed by atoms with Crippen LogP contribution in [0.5, 0.6) is 0 Å². The molecule has 1 aromatic carbocycles. The maximum absolute atomic E-state index is 12.3. The van der Waals surface area contributed by atoms with E-state index in [0.29, 0.717) is 17.9 Å². The summed E-state index contributed by atoms with van der Waals surface area (Å²) in [6.45, 7) is 4.31. The van der Waals surface area contributed by atoms with E-state index >= 15 is 0 Å². The lowest BCUT2D eigenvalue weighted by Crippen LogP contribution is -2.37. The smallest absolute Gasteiger partial charge is 0.230 e. The molecule has 0 spiro atoms. The predicted molar refractivity (Wildman–Crippen MR) is 64.4 cm³/mol. The van der Waals surface area contributed by atoms with Crippen molar-refractivity contribution in [3.05, 3.63) is 29.8 Å². The van der Waals surface area contributed by atoms with Crippen molar-refractivity contribution in [2.75, 3.05) is 4.90 Å². The van der Waals surface area contributed by atoms with Crippen LogP contribution in [-0.2, 0) is 11.2 Å². The van der Waals surface area contributed by atoms with Gasteiger partial charge in [-0.3, -0.25) is 4.79 Å². The second-order valence-corrected chi connectivity index (χ2v) is 5.21. The highest BCUT2D eigenvalue weighted by Gasteiger charge is 2.44. The summed E-state index contributed by atoms with van der Waals surface area (Å²) in [6, 6.07) is 8.61. The van der Waals surface area contributed by atoms with Gasteiger partial charge in [-0.1, -0.05) is 25.1 Å². The highest BCUT2D eigenvalue weighted by molar-refractivity contribution is 5.99. The molecule has 1 heterocycles. The second-order valence-electron chi connectivity index (χ2n) is 5.21. The molecule has 0 bridgehead atoms. The van der Waals surface area contributed by atoms with Gasteiger partial charge in [-0.2, -0.15) is 0 Å². The van der Waals surface area contributed by atoms with Crippen LogP contribution in [0.2, 0.25) is 0 Å². The van der Waals surface area contributed by atoms with E-state index in [4.69, 9.17) is 0 Å². The van der Waals surface area contributed by atoms with Crippen LogP contribution in [0.4, 0.5) is 5.69 Å². The molecular formula is C14H17NO. The van der Waals surface area contributed by atoms with Crippen molar-refractivity contribution >= 4 is 11.6 Å². The summed E-state index contributed by atoms with van der Waals surface area (Å²) in [5, 5.41) is 0. The number of benzene rings is 1. The van der Waals surface area contributed by atoms with Gasteiger partial charge in [0.15, 0.2) is 0 Å². The Balaban J connectivity index is 1.93. The standard InChI is InChI=1S/C14H17NO/c1-9-7-12(9)14(16)15-10(2)8-11-5-3-4-6-13(11)15/h3-6,9-10,12H,7-8H2,1-2H3. The lowest BCUT2D eigenvalue weighted by molar-refractivity contribution is -0.120. The van der Waals surface area contributed by atoms with Crippen molar-refractivity contribution in [1.82, 2.24) is 0 Å². The van der Waals surface area contributed by atoms with Crippen molar-refractivity contribution in [3.8, 4) is 0 Å². The Hall–Kier alpha value is -1.31. The molecule has 1 fully saturated rings. The molecule has 1 saturated carbocycles. The number of carbonyl (C=O) groups excluding carboxylic acids is 1. The van der Waals surface area contributed by atoms with E-state index in [9.17, 15) is 4.79 Å². The Kier molecular flexibility index (Phi) is 2.06. The van der Waals surface area contributed by atoms with Crippen LogP contribution in [-0.4, -0.2) is 11.9 Å². The predicted octanol–water partition coefficient (Wildman–Crippen LogP) is 2.62. The molecule has 0 radical (unpaired) electrons. The van der Waals surface area contributed by atoms with E-state index in [2.05, 4.69) is 32.0 Å². The van der Waals surface area contributed by atoms with Gasteiger partial charge in [-0.05, 0) is 37.3 Å². The average molecular weight is 215 g/mol. The molecule has 84 valence electrons. The van der Waals surface area contributed by atoms with Crippen molar-refractivity contribution in [2.45, 2.75) is 32.7 Å². The Morgan fingerprint density at radius 1 is 1.31 bits per heavy atom. The first-order valence-corrected chi connectivity index (χ1v) is 6.09. The molecular weight excluding hydrogens is 198 g/mol. The Labute approximate surface area is 96.3 Å². The van der Waals surface area contributed by atoms with Crippen molar-refractivity contribution < 1.29 is 4.79 Å². The van der Waals surface area contributed by atoms with Crippen LogP contribution in [0, 0.1) is 11.8 Å². The number of carbonyl (C=O) groups is 1. The third-order valence-electron chi connectivity index (χ3n) is 3.87. The number of hydrogen-bond acceptors (Lipinski definition) is 1. The van der Waals surface area contributed by atoms with Gasteiger partial charge in [-0.15, -0.1) is 0 Å². The quantitative estimate of drug-likeness (QED) is 0.705. The van der Waals surface area contributed by atoms with Crippen LogP contribution >= 0.6 is 0 Å². The zero-order valence-corrected chi connectivity index (χ0v) is 9.81. The number of nitrogens with zero attached hydrogens (tertiary/aromatic N) is 1. The van der Waals surface area contributed by atoms with E-state index in [-0.39, 0.29) is 5.92 Å². The summed E-state index contributed by atoms with van der Waals surface area (Å²) >= 11 is 0. The first-order chi connectivity index (χ1) is 7.68. The SMILES string of the molecule is CC1CC1C(=O)N1c2ccccc2CC1C. The number of hydrogen-bond donors (Lipinski definition) is 0. The summed E-state index contributed by atoms with van der Waals surface area (Å²) in [6.07, 6.45) is 2.08. The van der Waals surface area contributed by atoms with Crippen LogP contribution < -0.4 is 4.90 Å². The molecule has 2 heteroatoms. The van der Waals surface area contributed by atoms with Gasteiger partial charge in [-0.25, -0.2) is 0 Å². The minimum Gasteiger partial charge on any atom is -0.309 e. The third-order valence-corrected chi connectivity index (χ3v) is 3.87. The summed E-state index contributed by atoms with van der Waals surface area (Å²) in [4.78, 5) is 14.3. The second kappa shape index (κ2) is 3.34. The summed E-state index contributed by atoms with van der Waals surface area (Å²) in [5.41, 5.74) is 2.45. The minimum absolute atomic E-state index is 0.286. The molecule has 2 aliphatic rings. The summed E-state index contributed by atoms with van der Waals surface area (Å²) in [7, 11) is 0. The van der Waals surface area contributed by atoms with Gasteiger partial charge in [0.1, 0.15) is 0 Å². The van der Waals surface area contributed by atoms with Gasteiger partial charge in [0, 0.05) is 17.6 Å². The van der Waals surface area contributed by atoms with E-state index < -0.39 is 0 Å². The molecule has 0 saturated heterocycles. The molecule has 3 unspecified atom stereocenters. The molecule has 16 heavy (non-hydrogen) atoms. The molecule has 3 atom stereocenters. The van der Waals surface area contributed by atoms with Crippen LogP contribution in [0.15, 0.2) is 24.3 Å². The first kappa shape index (κ1) is 9.88. The van der Waals surface area contributed by atoms with E-state index in [1.807, 2.05) is 11.0 Å². The number of para-hydroxylation sites is 1. The molecule has 3 rings (SSSR count). The lowest BCUT2D eigenvalue weighted by atomic mass is 10.1. The molecule has 2 nitrogen and oxygen atoms in total. The largest absolute Gasteiger partial charge is 0.309 e. The molecule has 0 aromatic heterocycles. The summed E-state index contributed by atoms with van der Waals surface area (Å²) < 4.78 is 0. The molecule has 1 aromatic rings. The Bertz CT molecular complexity index is 440. The van der Waals surface area contributed by atoms with Gasteiger partial charge >= 0.3 is 0 Å². The lowest BCUT2D eigenvalue weighted by Gasteiger charge is -2.22. The maximum atomic E-state index is 12.3. The first-order valence-electron chi connectivity index (χ1n) is 6.09. The highest BCUT2D eigenvalue weighted by atomic mass is 16.2. The van der Waals surface area contributed by atoms with Crippen molar-refractivity contribution in [3.63, 3.8) is 0 Å². The normalized spacial score (nSPS) is 31.4. The highest BCUT2D eigenvalue weighted by Crippen LogP contribution is 2.42. The maximum Gasteiger partial charge on any atom is 0.230 e. The molecule has 0 N–H and O–H groups in total. The van der Waals surface area contributed by atoms with Gasteiger partial charge < -0.3 is 4.90 Å². The Morgan fingerprint density at radius 2 is 2.00 bits per heavy atom. The van der Waals surface area contributed by atoms with Crippen molar-refractivity contribution in [1.29, 1.82) is 0 Å². The van der Waals surface area contributed by atoms with Crippen LogP contribution in [0.25, 0.3) is 0 Å². The zero-order chi connectivity index (χ0) is 11.3. The summed E-state index contributed by atoms with van der Waals surface area (Å²) in [5.74, 6) is 1.21. The topological polar surface area (TPSA) is 20.3 Å². The molecule has 1 aliphatic carbocycles. The number of anilines is 1. The fraction of sp³-hybridized carbons (Fsp3) is 0.500. The monoisotopic (exact) mass is 215 g/mol. The molecule has 1 aliphatic heterocycles. The molecule has 1 amide bonds. The average Bonchev–Trinajstić information content (AvgIpc) is 2.89. The van der Waals surface area contributed by atoms with Crippen LogP contribution in [0.1, 0.15) is 25.8 Å². The van der Waals surface area contributed by atoms with Crippen molar-refractivity contribution in [2.24, 2.45) is 11.8 Å². The third kappa shape index (κ3) is 1.36. The number of amides is 1. The fourth-order valence-electron chi connectivity index (χ4n) is 2.75. The van der Waals surface area contributed by atoms with E-state index in [0.717, 1.165) is 18.5 Å². The van der Waals surface area contributed by atoms with Gasteiger partial charge in [0.25, 0.3) is 0 Å². The Morgan fingerprint density at radius 3 is 2.69 bits per heavy atom. The van der Waals surface area contributed by atoms with E-state index in [1.165, 1.54) is 5.56 Å². The zero-order valence-electron chi connectivity index (χ0n) is 9.81. The van der Waals surface area contributed by atoms with Crippen LogP contribution in [0.3, 0.4) is 0 Å². The minimum atomic E-state index is 0.286. The van der Waals surface area contributed by atoms with Gasteiger partial charge in [0.05, 0.1) is 0 Å².